The minimum atomic E-state index is -0.406. The number of esters is 1. The van der Waals surface area contributed by atoms with Crippen molar-refractivity contribution in [1.29, 1.82) is 0 Å². The van der Waals surface area contributed by atoms with Crippen molar-refractivity contribution < 1.29 is 19.0 Å². The van der Waals surface area contributed by atoms with Gasteiger partial charge < -0.3 is 14.2 Å². The standard InChI is InChI=1S/C26H42O4/c1-5-23(2,3)22(27)30-26-13-19-8-20(14-26)12-25(11-19,15-26)29-17-28-16-24(4)10-18-6-7-21(24)9-18/h18-21H,5-17H2,1-4H3. The normalized spacial score (nSPS) is 46.5. The van der Waals surface area contributed by atoms with Crippen molar-refractivity contribution in [3.05, 3.63) is 0 Å². The van der Waals surface area contributed by atoms with E-state index in [0.717, 1.165) is 57.0 Å². The van der Waals surface area contributed by atoms with Crippen LogP contribution in [0.4, 0.5) is 0 Å². The van der Waals surface area contributed by atoms with Crippen molar-refractivity contribution >= 4 is 5.97 Å². The number of hydrogen-bond acceptors (Lipinski definition) is 4. The van der Waals surface area contributed by atoms with E-state index in [0.29, 0.717) is 24.0 Å². The first-order valence-electron chi connectivity index (χ1n) is 12.6. The Labute approximate surface area is 182 Å². The average molecular weight is 419 g/mol. The summed E-state index contributed by atoms with van der Waals surface area (Å²) in [6.45, 7) is 9.74. The topological polar surface area (TPSA) is 44.8 Å². The van der Waals surface area contributed by atoms with E-state index >= 15 is 0 Å². The molecule has 6 fully saturated rings. The smallest absolute Gasteiger partial charge is 0.312 e. The van der Waals surface area contributed by atoms with Crippen molar-refractivity contribution in [1.82, 2.24) is 0 Å². The van der Waals surface area contributed by atoms with Crippen molar-refractivity contribution in [2.24, 2.45) is 34.5 Å². The lowest BCUT2D eigenvalue weighted by molar-refractivity contribution is -0.259. The fourth-order valence-corrected chi connectivity index (χ4v) is 8.20. The number of hydrogen-bond donors (Lipinski definition) is 0. The predicted molar refractivity (Wildman–Crippen MR) is 116 cm³/mol. The Morgan fingerprint density at radius 1 is 0.967 bits per heavy atom. The van der Waals surface area contributed by atoms with Gasteiger partial charge in [0, 0.05) is 6.42 Å². The lowest BCUT2D eigenvalue weighted by atomic mass is 9.52. The van der Waals surface area contributed by atoms with Crippen LogP contribution in [0.5, 0.6) is 0 Å². The number of fused-ring (bicyclic) bond motifs is 2. The number of carbonyl (C=O) groups excluding carboxylic acids is 1. The molecule has 4 heteroatoms. The molecule has 0 aromatic heterocycles. The van der Waals surface area contributed by atoms with Crippen LogP contribution in [0.15, 0.2) is 0 Å². The Morgan fingerprint density at radius 3 is 2.27 bits per heavy atom. The first-order chi connectivity index (χ1) is 14.1. The maximum absolute atomic E-state index is 12.9. The summed E-state index contributed by atoms with van der Waals surface area (Å²) in [4.78, 5) is 12.9. The average Bonchev–Trinajstić information content (AvgIpc) is 3.24. The predicted octanol–water partition coefficient (Wildman–Crippen LogP) is 5.87. The van der Waals surface area contributed by atoms with Crippen LogP contribution in [0, 0.1) is 34.5 Å². The van der Waals surface area contributed by atoms with Crippen LogP contribution >= 0.6 is 0 Å². The van der Waals surface area contributed by atoms with Gasteiger partial charge in [-0.1, -0.05) is 20.3 Å². The van der Waals surface area contributed by atoms with E-state index in [1.54, 1.807) is 0 Å². The van der Waals surface area contributed by atoms with E-state index in [9.17, 15) is 4.79 Å². The molecule has 6 aliphatic rings. The lowest BCUT2D eigenvalue weighted by Gasteiger charge is -2.60. The fraction of sp³-hybridized carbons (Fsp3) is 0.962. The van der Waals surface area contributed by atoms with Crippen molar-refractivity contribution in [2.75, 3.05) is 13.4 Å². The summed E-state index contributed by atoms with van der Waals surface area (Å²) in [5, 5.41) is 0. The highest BCUT2D eigenvalue weighted by molar-refractivity contribution is 5.76. The molecule has 0 aliphatic heterocycles. The van der Waals surface area contributed by atoms with Gasteiger partial charge in [0.05, 0.1) is 17.6 Å². The lowest BCUT2D eigenvalue weighted by Crippen LogP contribution is -2.62. The molecule has 0 saturated heterocycles. The molecule has 5 atom stereocenters. The first-order valence-corrected chi connectivity index (χ1v) is 12.6. The third-order valence-corrected chi connectivity index (χ3v) is 9.86. The molecule has 170 valence electrons. The molecule has 4 nitrogen and oxygen atoms in total. The van der Waals surface area contributed by atoms with Gasteiger partial charge in [0.1, 0.15) is 12.4 Å². The molecule has 0 aromatic carbocycles. The highest BCUT2D eigenvalue weighted by Crippen LogP contribution is 2.61. The molecule has 0 N–H and O–H groups in total. The van der Waals surface area contributed by atoms with Crippen LogP contribution in [0.25, 0.3) is 0 Å². The first kappa shape index (κ1) is 21.2. The van der Waals surface area contributed by atoms with Crippen LogP contribution < -0.4 is 0 Å². The molecular weight excluding hydrogens is 376 g/mol. The quantitative estimate of drug-likeness (QED) is 0.281. The monoisotopic (exact) mass is 418 g/mol. The van der Waals surface area contributed by atoms with Crippen LogP contribution in [0.1, 0.15) is 98.3 Å². The Kier molecular flexibility index (Phi) is 5.10. The fourth-order valence-electron chi connectivity index (χ4n) is 8.20. The third kappa shape index (κ3) is 3.64. The molecule has 6 bridgehead atoms. The van der Waals surface area contributed by atoms with E-state index in [2.05, 4.69) is 13.8 Å². The Bertz CT molecular complexity index is 671. The van der Waals surface area contributed by atoms with E-state index in [1.165, 1.54) is 32.1 Å². The van der Waals surface area contributed by atoms with E-state index in [-0.39, 0.29) is 17.2 Å². The molecular formula is C26H42O4. The number of rotatable bonds is 8. The second-order valence-electron chi connectivity index (χ2n) is 12.8. The van der Waals surface area contributed by atoms with Crippen molar-refractivity contribution in [3.8, 4) is 0 Å². The van der Waals surface area contributed by atoms with Gasteiger partial charge in [-0.05, 0) is 101 Å². The second-order valence-corrected chi connectivity index (χ2v) is 12.8. The summed E-state index contributed by atoms with van der Waals surface area (Å²) < 4.78 is 19.0. The van der Waals surface area contributed by atoms with Crippen LogP contribution in [0.3, 0.4) is 0 Å². The highest BCUT2D eigenvalue weighted by atomic mass is 16.7. The van der Waals surface area contributed by atoms with Gasteiger partial charge in [0.25, 0.3) is 0 Å². The number of carbonyl (C=O) groups is 1. The van der Waals surface area contributed by atoms with Crippen LogP contribution in [-0.4, -0.2) is 30.6 Å². The van der Waals surface area contributed by atoms with Gasteiger partial charge in [-0.25, -0.2) is 0 Å². The minimum absolute atomic E-state index is 0.0254. The molecule has 5 unspecified atom stereocenters. The van der Waals surface area contributed by atoms with Crippen LogP contribution in [-0.2, 0) is 19.0 Å². The van der Waals surface area contributed by atoms with E-state index in [4.69, 9.17) is 14.2 Å². The molecule has 0 heterocycles. The van der Waals surface area contributed by atoms with Crippen molar-refractivity contribution in [3.63, 3.8) is 0 Å². The summed E-state index contributed by atoms with van der Waals surface area (Å²) in [5.41, 5.74) is -0.493. The zero-order chi connectivity index (χ0) is 21.2. The van der Waals surface area contributed by atoms with E-state index < -0.39 is 5.41 Å². The summed E-state index contributed by atoms with van der Waals surface area (Å²) in [6.07, 6.45) is 12.8. The van der Waals surface area contributed by atoms with Gasteiger partial charge in [-0.3, -0.25) is 4.79 Å². The molecule has 6 rings (SSSR count). The molecule has 0 aromatic rings. The Balaban J connectivity index is 1.20. The Hall–Kier alpha value is -0.610. The molecule has 0 spiro atoms. The van der Waals surface area contributed by atoms with E-state index in [1.807, 2.05) is 13.8 Å². The molecule has 6 saturated carbocycles. The molecule has 30 heavy (non-hydrogen) atoms. The molecule has 6 aliphatic carbocycles. The van der Waals surface area contributed by atoms with Gasteiger partial charge in [0.2, 0.25) is 0 Å². The SMILES string of the molecule is CCC(C)(C)C(=O)OC12CC3CC(CC(OCOCC4(C)CC5CCC4C5)(C3)C1)C2. The van der Waals surface area contributed by atoms with Crippen LogP contribution in [0.2, 0.25) is 0 Å². The van der Waals surface area contributed by atoms with Gasteiger partial charge in [-0.2, -0.15) is 0 Å². The zero-order valence-corrected chi connectivity index (χ0v) is 19.6. The van der Waals surface area contributed by atoms with Crippen molar-refractivity contribution in [2.45, 2.75) is 110 Å². The molecule has 0 radical (unpaired) electrons. The van der Waals surface area contributed by atoms with Gasteiger partial charge in [-0.15, -0.1) is 0 Å². The second kappa shape index (κ2) is 7.20. The summed E-state index contributed by atoms with van der Waals surface area (Å²) in [7, 11) is 0. The highest BCUT2D eigenvalue weighted by Gasteiger charge is 2.61. The summed E-state index contributed by atoms with van der Waals surface area (Å²) in [5.74, 6) is 3.03. The third-order valence-electron chi connectivity index (χ3n) is 9.86. The summed E-state index contributed by atoms with van der Waals surface area (Å²) >= 11 is 0. The zero-order valence-electron chi connectivity index (χ0n) is 19.6. The largest absolute Gasteiger partial charge is 0.459 e. The molecule has 0 amide bonds. The maximum atomic E-state index is 12.9. The minimum Gasteiger partial charge on any atom is -0.459 e. The van der Waals surface area contributed by atoms with Gasteiger partial charge >= 0.3 is 5.97 Å². The maximum Gasteiger partial charge on any atom is 0.312 e. The van der Waals surface area contributed by atoms with Gasteiger partial charge in [0.15, 0.2) is 0 Å². The summed E-state index contributed by atoms with van der Waals surface area (Å²) in [6, 6.07) is 0. The number of ether oxygens (including phenoxy) is 3. The Morgan fingerprint density at radius 2 is 1.67 bits per heavy atom.